The van der Waals surface area contributed by atoms with E-state index in [-0.39, 0.29) is 12.1 Å². The summed E-state index contributed by atoms with van der Waals surface area (Å²) in [7, 11) is 0. The number of rotatable bonds is 8. The van der Waals surface area contributed by atoms with Crippen LogP contribution in [0.25, 0.3) is 11.1 Å². The first kappa shape index (κ1) is 18.2. The van der Waals surface area contributed by atoms with Crippen LogP contribution in [-0.4, -0.2) is 18.7 Å². The molecule has 0 fully saturated rings. The Hall–Kier alpha value is -2.13. The van der Waals surface area contributed by atoms with Gasteiger partial charge in [-0.15, -0.1) is 0 Å². The average molecular weight is 326 g/mol. The van der Waals surface area contributed by atoms with Gasteiger partial charge in [0.05, 0.1) is 6.10 Å². The number of carbonyl (C=O) groups is 1. The van der Waals surface area contributed by atoms with Crippen molar-refractivity contribution in [2.75, 3.05) is 6.61 Å². The van der Waals surface area contributed by atoms with Crippen LogP contribution in [0, 0.1) is 0 Å². The van der Waals surface area contributed by atoms with E-state index >= 15 is 0 Å². The van der Waals surface area contributed by atoms with Crippen LogP contribution < -0.4 is 4.74 Å². The van der Waals surface area contributed by atoms with Gasteiger partial charge in [0.1, 0.15) is 5.75 Å². The molecule has 2 aromatic rings. The third kappa shape index (κ3) is 5.50. The molecule has 0 aliphatic rings. The van der Waals surface area contributed by atoms with Gasteiger partial charge >= 0.3 is 5.97 Å². The zero-order valence-electron chi connectivity index (χ0n) is 14.7. The Bertz CT molecular complexity index is 649. The van der Waals surface area contributed by atoms with Crippen LogP contribution in [0.5, 0.6) is 5.75 Å². The fraction of sp³-hybridized carbons (Fsp3) is 0.381. The van der Waals surface area contributed by atoms with Crippen LogP contribution >= 0.6 is 0 Å². The van der Waals surface area contributed by atoms with Crippen LogP contribution in [0.15, 0.2) is 48.5 Å². The maximum atomic E-state index is 11.5. The van der Waals surface area contributed by atoms with Gasteiger partial charge in [-0.05, 0) is 43.4 Å². The minimum absolute atomic E-state index is 0.232. The summed E-state index contributed by atoms with van der Waals surface area (Å²) in [6.07, 6.45) is 3.11. The van der Waals surface area contributed by atoms with E-state index in [2.05, 4.69) is 19.9 Å². The first-order valence-electron chi connectivity index (χ1n) is 8.58. The summed E-state index contributed by atoms with van der Waals surface area (Å²) in [5, 5.41) is 0. The highest BCUT2D eigenvalue weighted by atomic mass is 16.5. The molecule has 2 aromatic carbocycles. The summed E-state index contributed by atoms with van der Waals surface area (Å²) in [6.45, 7) is 6.44. The van der Waals surface area contributed by atoms with Gasteiger partial charge < -0.3 is 9.47 Å². The molecule has 3 heteroatoms. The standard InChI is InChI=1S/C21H26O3/c1-4-14-23-16(2)10-11-18-12-13-20(19-8-6-5-7-9-19)21(15-18)24-17(3)22/h5-9,12-13,15-16H,4,10-11,14H2,1-3H3. The molecule has 128 valence electrons. The van der Waals surface area contributed by atoms with Gasteiger partial charge in [0.2, 0.25) is 0 Å². The number of carbonyl (C=O) groups excluding carboxylic acids is 1. The van der Waals surface area contributed by atoms with Crippen molar-refractivity contribution in [2.45, 2.75) is 46.1 Å². The molecule has 2 rings (SSSR count). The van der Waals surface area contributed by atoms with E-state index in [1.807, 2.05) is 42.5 Å². The van der Waals surface area contributed by atoms with Crippen molar-refractivity contribution in [3.05, 3.63) is 54.1 Å². The monoisotopic (exact) mass is 326 g/mol. The Morgan fingerprint density at radius 2 is 1.88 bits per heavy atom. The largest absolute Gasteiger partial charge is 0.426 e. The first-order chi connectivity index (χ1) is 11.6. The molecular weight excluding hydrogens is 300 g/mol. The van der Waals surface area contributed by atoms with Crippen molar-refractivity contribution in [3.8, 4) is 16.9 Å². The Kier molecular flexibility index (Phi) is 7.01. The Morgan fingerprint density at radius 1 is 1.12 bits per heavy atom. The lowest BCUT2D eigenvalue weighted by atomic mass is 10.00. The van der Waals surface area contributed by atoms with E-state index in [1.54, 1.807) is 0 Å². The highest BCUT2D eigenvalue weighted by Gasteiger charge is 2.11. The van der Waals surface area contributed by atoms with Gasteiger partial charge in [0, 0.05) is 19.1 Å². The number of hydrogen-bond acceptors (Lipinski definition) is 3. The van der Waals surface area contributed by atoms with Crippen molar-refractivity contribution < 1.29 is 14.3 Å². The highest BCUT2D eigenvalue weighted by molar-refractivity contribution is 5.77. The predicted octanol–water partition coefficient (Wildman–Crippen LogP) is 5.03. The molecule has 0 heterocycles. The van der Waals surface area contributed by atoms with Crippen LogP contribution in [0.4, 0.5) is 0 Å². The number of ether oxygens (including phenoxy) is 2. The van der Waals surface area contributed by atoms with Crippen molar-refractivity contribution in [2.24, 2.45) is 0 Å². The van der Waals surface area contributed by atoms with Crippen LogP contribution in [0.3, 0.4) is 0 Å². The van der Waals surface area contributed by atoms with Crippen LogP contribution in [-0.2, 0) is 16.0 Å². The summed E-state index contributed by atoms with van der Waals surface area (Å²) in [4.78, 5) is 11.5. The molecule has 0 radical (unpaired) electrons. The van der Waals surface area contributed by atoms with Gasteiger partial charge in [-0.25, -0.2) is 0 Å². The van der Waals surface area contributed by atoms with E-state index in [9.17, 15) is 4.79 Å². The molecule has 0 aliphatic carbocycles. The Morgan fingerprint density at radius 3 is 2.54 bits per heavy atom. The van der Waals surface area contributed by atoms with Crippen molar-refractivity contribution >= 4 is 5.97 Å². The maximum absolute atomic E-state index is 11.5. The number of benzene rings is 2. The van der Waals surface area contributed by atoms with Crippen molar-refractivity contribution in [3.63, 3.8) is 0 Å². The molecule has 3 nitrogen and oxygen atoms in total. The van der Waals surface area contributed by atoms with Crippen molar-refractivity contribution in [1.29, 1.82) is 0 Å². The fourth-order valence-electron chi connectivity index (χ4n) is 2.59. The molecule has 0 spiro atoms. The summed E-state index contributed by atoms with van der Waals surface area (Å²) in [5.74, 6) is 0.317. The van der Waals surface area contributed by atoms with Crippen molar-refractivity contribution in [1.82, 2.24) is 0 Å². The lowest BCUT2D eigenvalue weighted by molar-refractivity contribution is -0.131. The van der Waals surface area contributed by atoms with Gasteiger partial charge in [0.15, 0.2) is 0 Å². The number of hydrogen-bond donors (Lipinski definition) is 0. The molecule has 1 atom stereocenters. The Balaban J connectivity index is 2.15. The van der Waals surface area contributed by atoms with E-state index in [0.717, 1.165) is 42.6 Å². The zero-order chi connectivity index (χ0) is 17.4. The summed E-state index contributed by atoms with van der Waals surface area (Å²) >= 11 is 0. The topological polar surface area (TPSA) is 35.5 Å². The minimum Gasteiger partial charge on any atom is -0.426 e. The zero-order valence-corrected chi connectivity index (χ0v) is 14.7. The number of aryl methyl sites for hydroxylation is 1. The minimum atomic E-state index is -0.302. The van der Waals surface area contributed by atoms with Crippen LogP contribution in [0.1, 0.15) is 39.2 Å². The first-order valence-corrected chi connectivity index (χ1v) is 8.58. The summed E-state index contributed by atoms with van der Waals surface area (Å²) in [5.41, 5.74) is 3.13. The second-order valence-corrected chi connectivity index (χ2v) is 6.01. The molecular formula is C21H26O3. The van der Waals surface area contributed by atoms with E-state index < -0.39 is 0 Å². The third-order valence-electron chi connectivity index (χ3n) is 3.83. The molecule has 1 unspecified atom stereocenters. The normalized spacial score (nSPS) is 12.0. The van der Waals surface area contributed by atoms with E-state index in [0.29, 0.717) is 5.75 Å². The quantitative estimate of drug-likeness (QED) is 0.504. The molecule has 0 saturated carbocycles. The second-order valence-electron chi connectivity index (χ2n) is 6.01. The molecule has 0 aromatic heterocycles. The molecule has 0 saturated heterocycles. The maximum Gasteiger partial charge on any atom is 0.308 e. The second kappa shape index (κ2) is 9.24. The van der Waals surface area contributed by atoms with Gasteiger partial charge in [-0.1, -0.05) is 49.4 Å². The van der Waals surface area contributed by atoms with E-state index in [1.165, 1.54) is 6.92 Å². The lowest BCUT2D eigenvalue weighted by Gasteiger charge is -2.14. The molecule has 0 N–H and O–H groups in total. The summed E-state index contributed by atoms with van der Waals surface area (Å²) in [6, 6.07) is 16.1. The Labute approximate surface area is 144 Å². The predicted molar refractivity (Wildman–Crippen MR) is 97.2 cm³/mol. The number of esters is 1. The van der Waals surface area contributed by atoms with E-state index in [4.69, 9.17) is 9.47 Å². The molecule has 24 heavy (non-hydrogen) atoms. The smallest absolute Gasteiger partial charge is 0.308 e. The van der Waals surface area contributed by atoms with Crippen LogP contribution in [0.2, 0.25) is 0 Å². The van der Waals surface area contributed by atoms with Gasteiger partial charge in [-0.2, -0.15) is 0 Å². The van der Waals surface area contributed by atoms with Gasteiger partial charge in [-0.3, -0.25) is 4.79 Å². The summed E-state index contributed by atoms with van der Waals surface area (Å²) < 4.78 is 11.2. The lowest BCUT2D eigenvalue weighted by Crippen LogP contribution is -2.10. The molecule has 0 amide bonds. The fourth-order valence-corrected chi connectivity index (χ4v) is 2.59. The van der Waals surface area contributed by atoms with Gasteiger partial charge in [0.25, 0.3) is 0 Å². The third-order valence-corrected chi connectivity index (χ3v) is 3.83. The average Bonchev–Trinajstić information content (AvgIpc) is 2.58. The molecule has 0 aliphatic heterocycles. The SMILES string of the molecule is CCCOC(C)CCc1ccc(-c2ccccc2)c(OC(C)=O)c1. The molecule has 0 bridgehead atoms. The highest BCUT2D eigenvalue weighted by Crippen LogP contribution is 2.31.